The summed E-state index contributed by atoms with van der Waals surface area (Å²) in [6.45, 7) is 4.40. The summed E-state index contributed by atoms with van der Waals surface area (Å²) in [6.07, 6.45) is 2.91. The molecule has 2 aromatic rings. The van der Waals surface area contributed by atoms with E-state index >= 15 is 0 Å². The van der Waals surface area contributed by atoms with Crippen LogP contribution in [0.15, 0.2) is 73.0 Å². The van der Waals surface area contributed by atoms with Crippen LogP contribution in [-0.2, 0) is 9.47 Å². The fourth-order valence-corrected chi connectivity index (χ4v) is 4.12. The van der Waals surface area contributed by atoms with Gasteiger partial charge in [-0.05, 0) is 47.2 Å². The number of rotatable bonds is 5. The lowest BCUT2D eigenvalue weighted by Crippen LogP contribution is -2.24. The van der Waals surface area contributed by atoms with Gasteiger partial charge in [-0.25, -0.2) is 13.2 Å². The standard InChI is InChI=1S/C26H25F3O2/c1-3-16-4-12-23(31-15-16)19-9-10-20(22(27)14-19)17-5-7-18(8-6-17)21-11-13-24(30-2)26(29)25(21)28/h3,5-11,13-14,16,23,25-26H,1,4,12,15H2,2H3. The van der Waals surface area contributed by atoms with Crippen molar-refractivity contribution in [3.8, 4) is 11.1 Å². The third-order valence-corrected chi connectivity index (χ3v) is 6.03. The van der Waals surface area contributed by atoms with E-state index in [1.54, 1.807) is 30.3 Å². The third-order valence-electron chi connectivity index (χ3n) is 6.03. The lowest BCUT2D eigenvalue weighted by molar-refractivity contribution is -0.00528. The first-order valence-electron chi connectivity index (χ1n) is 10.4. The maximum atomic E-state index is 14.9. The van der Waals surface area contributed by atoms with Crippen molar-refractivity contribution in [2.24, 2.45) is 5.92 Å². The predicted molar refractivity (Wildman–Crippen MR) is 116 cm³/mol. The van der Waals surface area contributed by atoms with Gasteiger partial charge in [0.05, 0.1) is 19.8 Å². The molecule has 1 heterocycles. The highest BCUT2D eigenvalue weighted by atomic mass is 19.2. The average molecular weight is 426 g/mol. The van der Waals surface area contributed by atoms with Crippen molar-refractivity contribution in [3.05, 3.63) is 90.0 Å². The lowest BCUT2D eigenvalue weighted by Gasteiger charge is -2.27. The lowest BCUT2D eigenvalue weighted by atomic mass is 9.91. The van der Waals surface area contributed by atoms with Crippen LogP contribution in [0.25, 0.3) is 16.7 Å². The Labute approximate surface area is 180 Å². The Balaban J connectivity index is 1.53. The molecule has 1 fully saturated rings. The number of halogens is 3. The van der Waals surface area contributed by atoms with E-state index in [0.717, 1.165) is 18.4 Å². The van der Waals surface area contributed by atoms with E-state index in [4.69, 9.17) is 9.47 Å². The number of methoxy groups -OCH3 is 1. The smallest absolute Gasteiger partial charge is 0.192 e. The predicted octanol–water partition coefficient (Wildman–Crippen LogP) is 6.75. The van der Waals surface area contributed by atoms with E-state index in [1.807, 2.05) is 12.1 Å². The highest BCUT2D eigenvalue weighted by Gasteiger charge is 2.32. The summed E-state index contributed by atoms with van der Waals surface area (Å²) < 4.78 is 54.2. The molecule has 2 nitrogen and oxygen atoms in total. The first-order valence-corrected chi connectivity index (χ1v) is 10.4. The summed E-state index contributed by atoms with van der Waals surface area (Å²) in [4.78, 5) is 0. The number of allylic oxidation sites excluding steroid dienone is 4. The van der Waals surface area contributed by atoms with E-state index in [-0.39, 0.29) is 23.3 Å². The second-order valence-electron chi connectivity index (χ2n) is 7.91. The van der Waals surface area contributed by atoms with Gasteiger partial charge in [-0.15, -0.1) is 6.58 Å². The number of hydrogen-bond donors (Lipinski definition) is 0. The molecule has 0 saturated carbocycles. The van der Waals surface area contributed by atoms with Crippen LogP contribution in [-0.4, -0.2) is 26.1 Å². The van der Waals surface area contributed by atoms with Gasteiger partial charge in [-0.3, -0.25) is 0 Å². The van der Waals surface area contributed by atoms with Crippen LogP contribution in [0.1, 0.15) is 30.1 Å². The minimum Gasteiger partial charge on any atom is -0.498 e. The number of alkyl halides is 2. The number of ether oxygens (including phenoxy) is 2. The third kappa shape index (κ3) is 4.33. The quantitative estimate of drug-likeness (QED) is 0.493. The van der Waals surface area contributed by atoms with Gasteiger partial charge in [0.25, 0.3) is 0 Å². The number of hydrogen-bond acceptors (Lipinski definition) is 2. The van der Waals surface area contributed by atoms with Crippen molar-refractivity contribution < 1.29 is 22.6 Å². The van der Waals surface area contributed by atoms with Crippen LogP contribution >= 0.6 is 0 Å². The number of benzene rings is 2. The Morgan fingerprint density at radius 3 is 2.35 bits per heavy atom. The normalized spacial score (nSPS) is 26.1. The van der Waals surface area contributed by atoms with Crippen molar-refractivity contribution in [2.45, 2.75) is 31.3 Å². The van der Waals surface area contributed by atoms with E-state index in [9.17, 15) is 13.2 Å². The molecule has 162 valence electrons. The largest absolute Gasteiger partial charge is 0.498 e. The Kier molecular flexibility index (Phi) is 6.33. The average Bonchev–Trinajstić information content (AvgIpc) is 2.81. The van der Waals surface area contributed by atoms with E-state index in [0.29, 0.717) is 29.2 Å². The Bertz CT molecular complexity index is 1000. The van der Waals surface area contributed by atoms with Gasteiger partial charge in [-0.1, -0.05) is 48.6 Å². The SMILES string of the molecule is C=CC1CCC(c2ccc(-c3ccc(C4=CC=C(OC)C(F)C4F)cc3)c(F)c2)OC1. The summed E-state index contributed by atoms with van der Waals surface area (Å²) in [5.74, 6) is -0.0141. The van der Waals surface area contributed by atoms with Crippen molar-refractivity contribution in [1.82, 2.24) is 0 Å². The van der Waals surface area contributed by atoms with E-state index in [2.05, 4.69) is 6.58 Å². The summed E-state index contributed by atoms with van der Waals surface area (Å²) in [5.41, 5.74) is 2.73. The van der Waals surface area contributed by atoms with Gasteiger partial charge in [0.2, 0.25) is 0 Å². The van der Waals surface area contributed by atoms with Crippen LogP contribution < -0.4 is 0 Å². The molecular weight excluding hydrogens is 401 g/mol. The molecule has 0 bridgehead atoms. The second-order valence-corrected chi connectivity index (χ2v) is 7.91. The Morgan fingerprint density at radius 1 is 1.00 bits per heavy atom. The minimum atomic E-state index is -1.83. The molecule has 4 atom stereocenters. The molecule has 5 heteroatoms. The van der Waals surface area contributed by atoms with Gasteiger partial charge in [0, 0.05) is 11.5 Å². The van der Waals surface area contributed by atoms with E-state index < -0.39 is 12.3 Å². The van der Waals surface area contributed by atoms with Gasteiger partial charge in [-0.2, -0.15) is 0 Å². The van der Waals surface area contributed by atoms with Crippen molar-refractivity contribution in [2.75, 3.05) is 13.7 Å². The second kappa shape index (κ2) is 9.15. The maximum absolute atomic E-state index is 14.9. The molecule has 1 saturated heterocycles. The molecule has 0 amide bonds. The Morgan fingerprint density at radius 2 is 1.74 bits per heavy atom. The van der Waals surface area contributed by atoms with Crippen molar-refractivity contribution in [3.63, 3.8) is 0 Å². The van der Waals surface area contributed by atoms with Crippen LogP contribution in [0.3, 0.4) is 0 Å². The van der Waals surface area contributed by atoms with Crippen LogP contribution in [0.4, 0.5) is 13.2 Å². The molecular formula is C26H25F3O2. The minimum absolute atomic E-state index is 0.0306. The van der Waals surface area contributed by atoms with Crippen molar-refractivity contribution in [1.29, 1.82) is 0 Å². The molecule has 0 aromatic heterocycles. The van der Waals surface area contributed by atoms with Crippen LogP contribution in [0.2, 0.25) is 0 Å². The highest BCUT2D eigenvalue weighted by molar-refractivity contribution is 5.75. The zero-order valence-corrected chi connectivity index (χ0v) is 17.4. The highest BCUT2D eigenvalue weighted by Crippen LogP contribution is 2.35. The maximum Gasteiger partial charge on any atom is 0.192 e. The summed E-state index contributed by atoms with van der Waals surface area (Å²) >= 11 is 0. The molecule has 2 aromatic carbocycles. The molecule has 1 aliphatic heterocycles. The van der Waals surface area contributed by atoms with E-state index in [1.165, 1.54) is 25.3 Å². The van der Waals surface area contributed by atoms with Gasteiger partial charge < -0.3 is 9.47 Å². The zero-order valence-electron chi connectivity index (χ0n) is 17.4. The molecule has 0 radical (unpaired) electrons. The van der Waals surface area contributed by atoms with Crippen LogP contribution in [0, 0.1) is 11.7 Å². The first-order chi connectivity index (χ1) is 15.0. The molecule has 4 unspecified atom stereocenters. The summed E-state index contributed by atoms with van der Waals surface area (Å²) in [6, 6.07) is 11.9. The van der Waals surface area contributed by atoms with Gasteiger partial charge >= 0.3 is 0 Å². The zero-order chi connectivity index (χ0) is 22.0. The summed E-state index contributed by atoms with van der Waals surface area (Å²) in [5, 5.41) is 0. The van der Waals surface area contributed by atoms with Gasteiger partial charge in [0.1, 0.15) is 11.6 Å². The fourth-order valence-electron chi connectivity index (χ4n) is 4.12. The van der Waals surface area contributed by atoms with Gasteiger partial charge in [0.15, 0.2) is 12.3 Å². The molecule has 2 aliphatic rings. The topological polar surface area (TPSA) is 18.5 Å². The van der Waals surface area contributed by atoms with Crippen LogP contribution in [0.5, 0.6) is 0 Å². The van der Waals surface area contributed by atoms with Crippen molar-refractivity contribution >= 4 is 5.57 Å². The summed E-state index contributed by atoms with van der Waals surface area (Å²) in [7, 11) is 1.32. The molecule has 1 aliphatic carbocycles. The monoisotopic (exact) mass is 426 g/mol. The Hall–Kier alpha value is -2.79. The molecule has 4 rings (SSSR count). The molecule has 31 heavy (non-hydrogen) atoms. The first kappa shape index (κ1) is 21.4. The fraction of sp³-hybridized carbons (Fsp3) is 0.308. The molecule has 0 spiro atoms. The molecule has 0 N–H and O–H groups in total.